The van der Waals surface area contributed by atoms with E-state index >= 15 is 0 Å². The predicted molar refractivity (Wildman–Crippen MR) is 96.3 cm³/mol. The highest BCUT2D eigenvalue weighted by Crippen LogP contribution is 2.25. The van der Waals surface area contributed by atoms with Gasteiger partial charge in [-0.25, -0.2) is 0 Å². The largest absolute Gasteiger partial charge is 0.312 e. The molecule has 1 aromatic carbocycles. The zero-order valence-corrected chi connectivity index (χ0v) is 14.8. The fraction of sp³-hybridized carbons (Fsp3) is 0.700. The zero-order valence-electron chi connectivity index (χ0n) is 14.8. The summed E-state index contributed by atoms with van der Waals surface area (Å²) in [5.41, 5.74) is 1.65. The van der Waals surface area contributed by atoms with Crippen molar-refractivity contribution in [3.8, 4) is 0 Å². The number of benzene rings is 1. The molecule has 1 fully saturated rings. The van der Waals surface area contributed by atoms with Gasteiger partial charge in [0.2, 0.25) is 0 Å². The molecular weight excluding hydrogens is 268 g/mol. The van der Waals surface area contributed by atoms with Gasteiger partial charge in [-0.15, -0.1) is 0 Å². The SMILES string of the molecule is CCCNC(Cc1ccccc1)C(C)(C)N1CCCCCC1. The third-order valence-corrected chi connectivity index (χ3v) is 5.20. The van der Waals surface area contributed by atoms with Crippen LogP contribution in [0.3, 0.4) is 0 Å². The van der Waals surface area contributed by atoms with E-state index in [1.54, 1.807) is 0 Å². The summed E-state index contributed by atoms with van der Waals surface area (Å²) in [6.07, 6.45) is 7.83. The smallest absolute Gasteiger partial charge is 0.0309 e. The molecule has 0 radical (unpaired) electrons. The van der Waals surface area contributed by atoms with Crippen molar-refractivity contribution in [3.63, 3.8) is 0 Å². The van der Waals surface area contributed by atoms with E-state index in [0.717, 1.165) is 13.0 Å². The van der Waals surface area contributed by atoms with Crippen LogP contribution in [0.1, 0.15) is 58.4 Å². The van der Waals surface area contributed by atoms with E-state index in [9.17, 15) is 0 Å². The standard InChI is InChI=1S/C20H34N2/c1-4-14-21-19(17-18-12-8-7-9-13-18)20(2,3)22-15-10-5-6-11-16-22/h7-9,12-13,19,21H,4-6,10-11,14-17H2,1-3H3. The fourth-order valence-corrected chi connectivity index (χ4v) is 3.61. The second-order valence-corrected chi connectivity index (χ2v) is 7.25. The molecule has 0 amide bonds. The Morgan fingerprint density at radius 1 is 1.05 bits per heavy atom. The second kappa shape index (κ2) is 8.69. The monoisotopic (exact) mass is 302 g/mol. The Morgan fingerprint density at radius 3 is 2.27 bits per heavy atom. The summed E-state index contributed by atoms with van der Waals surface area (Å²) in [6, 6.07) is 11.5. The Balaban J connectivity index is 2.10. The molecule has 1 saturated heterocycles. The molecule has 124 valence electrons. The van der Waals surface area contributed by atoms with Gasteiger partial charge in [0.15, 0.2) is 0 Å². The molecule has 1 aromatic rings. The van der Waals surface area contributed by atoms with Gasteiger partial charge in [-0.05, 0) is 64.7 Å². The number of hydrogen-bond donors (Lipinski definition) is 1. The summed E-state index contributed by atoms with van der Waals surface area (Å²) in [4.78, 5) is 2.73. The summed E-state index contributed by atoms with van der Waals surface area (Å²) >= 11 is 0. The van der Waals surface area contributed by atoms with Gasteiger partial charge in [-0.1, -0.05) is 50.1 Å². The van der Waals surface area contributed by atoms with E-state index < -0.39 is 0 Å². The lowest BCUT2D eigenvalue weighted by Crippen LogP contribution is -2.59. The molecule has 2 heteroatoms. The minimum atomic E-state index is 0.204. The molecular formula is C20H34N2. The zero-order chi connectivity index (χ0) is 15.8. The summed E-state index contributed by atoms with van der Waals surface area (Å²) in [5, 5.41) is 3.83. The van der Waals surface area contributed by atoms with Crippen LogP contribution in [0, 0.1) is 0 Å². The third kappa shape index (κ3) is 4.82. The van der Waals surface area contributed by atoms with Crippen LogP contribution in [0.4, 0.5) is 0 Å². The molecule has 0 saturated carbocycles. The highest BCUT2D eigenvalue weighted by molar-refractivity contribution is 5.17. The van der Waals surface area contributed by atoms with Crippen LogP contribution in [0.15, 0.2) is 30.3 Å². The van der Waals surface area contributed by atoms with Crippen molar-refractivity contribution < 1.29 is 0 Å². The molecule has 22 heavy (non-hydrogen) atoms. The average molecular weight is 303 g/mol. The van der Waals surface area contributed by atoms with Crippen molar-refractivity contribution >= 4 is 0 Å². The van der Waals surface area contributed by atoms with E-state index in [2.05, 4.69) is 61.3 Å². The summed E-state index contributed by atoms with van der Waals surface area (Å²) < 4.78 is 0. The van der Waals surface area contributed by atoms with Crippen LogP contribution in [-0.4, -0.2) is 36.1 Å². The van der Waals surface area contributed by atoms with E-state index in [4.69, 9.17) is 0 Å². The van der Waals surface area contributed by atoms with E-state index in [1.807, 2.05) is 0 Å². The fourth-order valence-electron chi connectivity index (χ4n) is 3.61. The van der Waals surface area contributed by atoms with E-state index in [1.165, 1.54) is 50.8 Å². The molecule has 0 aromatic heterocycles. The quantitative estimate of drug-likeness (QED) is 0.810. The minimum absolute atomic E-state index is 0.204. The van der Waals surface area contributed by atoms with Crippen molar-refractivity contribution in [2.24, 2.45) is 0 Å². The van der Waals surface area contributed by atoms with Gasteiger partial charge in [0.05, 0.1) is 0 Å². The van der Waals surface area contributed by atoms with Gasteiger partial charge >= 0.3 is 0 Å². The van der Waals surface area contributed by atoms with Gasteiger partial charge < -0.3 is 5.32 Å². The first kappa shape index (κ1) is 17.5. The Labute approximate surface area is 137 Å². The Kier molecular flexibility index (Phi) is 6.91. The average Bonchev–Trinajstić information content (AvgIpc) is 2.82. The van der Waals surface area contributed by atoms with Crippen LogP contribution >= 0.6 is 0 Å². The van der Waals surface area contributed by atoms with Crippen LogP contribution in [0.2, 0.25) is 0 Å². The third-order valence-electron chi connectivity index (χ3n) is 5.20. The first-order valence-electron chi connectivity index (χ1n) is 9.17. The van der Waals surface area contributed by atoms with Gasteiger partial charge in [0, 0.05) is 11.6 Å². The Morgan fingerprint density at radius 2 is 1.68 bits per heavy atom. The normalized spacial score (nSPS) is 18.9. The molecule has 1 aliphatic rings. The topological polar surface area (TPSA) is 15.3 Å². The van der Waals surface area contributed by atoms with Crippen molar-refractivity contribution in [3.05, 3.63) is 35.9 Å². The predicted octanol–water partition coefficient (Wildman–Crippen LogP) is 4.25. The maximum atomic E-state index is 3.83. The van der Waals surface area contributed by atoms with Crippen molar-refractivity contribution in [1.29, 1.82) is 0 Å². The molecule has 1 aliphatic heterocycles. The molecule has 0 bridgehead atoms. The van der Waals surface area contributed by atoms with Crippen LogP contribution in [-0.2, 0) is 6.42 Å². The van der Waals surface area contributed by atoms with Crippen molar-refractivity contribution in [2.45, 2.75) is 70.9 Å². The van der Waals surface area contributed by atoms with Gasteiger partial charge in [0.25, 0.3) is 0 Å². The first-order valence-corrected chi connectivity index (χ1v) is 9.17. The van der Waals surface area contributed by atoms with Gasteiger partial charge in [-0.2, -0.15) is 0 Å². The lowest BCUT2D eigenvalue weighted by Gasteiger charge is -2.44. The van der Waals surface area contributed by atoms with Crippen molar-refractivity contribution in [2.75, 3.05) is 19.6 Å². The van der Waals surface area contributed by atoms with Gasteiger partial charge in [-0.3, -0.25) is 4.90 Å². The van der Waals surface area contributed by atoms with Gasteiger partial charge in [0.1, 0.15) is 0 Å². The van der Waals surface area contributed by atoms with Crippen LogP contribution in [0.5, 0.6) is 0 Å². The highest BCUT2D eigenvalue weighted by atomic mass is 15.2. The summed E-state index contributed by atoms with van der Waals surface area (Å²) in [5.74, 6) is 0. The van der Waals surface area contributed by atoms with Crippen LogP contribution in [0.25, 0.3) is 0 Å². The summed E-state index contributed by atoms with van der Waals surface area (Å²) in [6.45, 7) is 10.8. The summed E-state index contributed by atoms with van der Waals surface area (Å²) in [7, 11) is 0. The number of likely N-dealkylation sites (tertiary alicyclic amines) is 1. The molecule has 2 nitrogen and oxygen atoms in total. The van der Waals surface area contributed by atoms with Crippen molar-refractivity contribution in [1.82, 2.24) is 10.2 Å². The molecule has 1 atom stereocenters. The van der Waals surface area contributed by atoms with Crippen LogP contribution < -0.4 is 5.32 Å². The number of hydrogen-bond acceptors (Lipinski definition) is 2. The number of rotatable bonds is 7. The van der Waals surface area contributed by atoms with E-state index in [0.29, 0.717) is 6.04 Å². The molecule has 0 spiro atoms. The molecule has 2 rings (SSSR count). The Hall–Kier alpha value is -0.860. The molecule has 1 N–H and O–H groups in total. The molecule has 1 heterocycles. The first-order chi connectivity index (χ1) is 10.6. The lowest BCUT2D eigenvalue weighted by atomic mass is 9.87. The minimum Gasteiger partial charge on any atom is -0.312 e. The number of nitrogens with one attached hydrogen (secondary N) is 1. The second-order valence-electron chi connectivity index (χ2n) is 7.25. The maximum absolute atomic E-state index is 3.83. The molecule has 1 unspecified atom stereocenters. The van der Waals surface area contributed by atoms with E-state index in [-0.39, 0.29) is 5.54 Å². The highest BCUT2D eigenvalue weighted by Gasteiger charge is 2.35. The lowest BCUT2D eigenvalue weighted by molar-refractivity contribution is 0.0834. The number of nitrogens with zero attached hydrogens (tertiary/aromatic N) is 1. The maximum Gasteiger partial charge on any atom is 0.0309 e. The Bertz CT molecular complexity index is 405. The molecule has 0 aliphatic carbocycles.